The van der Waals surface area contributed by atoms with E-state index in [1.54, 1.807) is 30.3 Å². The number of hydrazine groups is 1. The summed E-state index contributed by atoms with van der Waals surface area (Å²) in [6.07, 6.45) is 1.56. The van der Waals surface area contributed by atoms with Gasteiger partial charge in [-0.15, -0.1) is 0 Å². The minimum Gasteiger partial charge on any atom is -0.267 e. The van der Waals surface area contributed by atoms with Crippen LogP contribution in [0.15, 0.2) is 58.6 Å². The third-order valence-corrected chi connectivity index (χ3v) is 3.85. The van der Waals surface area contributed by atoms with Gasteiger partial charge >= 0.3 is 0 Å². The van der Waals surface area contributed by atoms with E-state index in [1.165, 1.54) is 5.01 Å². The molecular formula is C16H10BrClN2O2. The Morgan fingerprint density at radius 1 is 1.09 bits per heavy atom. The first kappa shape index (κ1) is 14.8. The number of benzene rings is 2. The molecule has 0 bridgehead atoms. The predicted molar refractivity (Wildman–Crippen MR) is 89.2 cm³/mol. The minimum absolute atomic E-state index is 0.0816. The van der Waals surface area contributed by atoms with Gasteiger partial charge in [-0.2, -0.15) is 0 Å². The highest BCUT2D eigenvalue weighted by atomic mass is 79.9. The smallest absolute Gasteiger partial charge is 0.267 e. The van der Waals surface area contributed by atoms with Crippen LogP contribution in [0.1, 0.15) is 5.56 Å². The molecule has 1 fully saturated rings. The van der Waals surface area contributed by atoms with Gasteiger partial charge in [0.25, 0.3) is 11.8 Å². The number of carbonyl (C=O) groups excluding carboxylic acids is 2. The van der Waals surface area contributed by atoms with Crippen molar-refractivity contribution in [2.24, 2.45) is 0 Å². The van der Waals surface area contributed by atoms with Gasteiger partial charge in [-0.25, -0.2) is 5.01 Å². The molecule has 1 heterocycles. The van der Waals surface area contributed by atoms with E-state index in [2.05, 4.69) is 21.4 Å². The van der Waals surface area contributed by atoms with Crippen molar-refractivity contribution in [2.75, 3.05) is 5.01 Å². The maximum absolute atomic E-state index is 12.4. The summed E-state index contributed by atoms with van der Waals surface area (Å²) in [5.41, 5.74) is 3.90. The first-order valence-corrected chi connectivity index (χ1v) is 7.60. The fourth-order valence-corrected chi connectivity index (χ4v) is 2.72. The van der Waals surface area contributed by atoms with E-state index in [0.717, 1.165) is 10.0 Å². The van der Waals surface area contributed by atoms with Crippen molar-refractivity contribution in [2.45, 2.75) is 0 Å². The van der Waals surface area contributed by atoms with Crippen molar-refractivity contribution >= 4 is 51.1 Å². The third kappa shape index (κ3) is 2.91. The van der Waals surface area contributed by atoms with Gasteiger partial charge in [-0.1, -0.05) is 45.7 Å². The average Bonchev–Trinajstić information content (AvgIpc) is 2.75. The lowest BCUT2D eigenvalue weighted by molar-refractivity contribution is -0.117. The summed E-state index contributed by atoms with van der Waals surface area (Å²) in [4.78, 5) is 24.5. The fraction of sp³-hybridized carbons (Fsp3) is 0. The minimum atomic E-state index is -0.440. The van der Waals surface area contributed by atoms with Gasteiger partial charge in [-0.3, -0.25) is 15.0 Å². The van der Waals surface area contributed by atoms with Crippen LogP contribution in [0.4, 0.5) is 5.69 Å². The normalized spacial score (nSPS) is 16.3. The maximum atomic E-state index is 12.4. The highest BCUT2D eigenvalue weighted by Crippen LogP contribution is 2.24. The molecule has 4 nitrogen and oxygen atoms in total. The quantitative estimate of drug-likeness (QED) is 0.642. The van der Waals surface area contributed by atoms with E-state index >= 15 is 0 Å². The molecule has 1 aliphatic rings. The topological polar surface area (TPSA) is 49.4 Å². The molecule has 0 saturated carbocycles. The second-order valence-corrected chi connectivity index (χ2v) is 6.03. The lowest BCUT2D eigenvalue weighted by atomic mass is 10.1. The van der Waals surface area contributed by atoms with Crippen molar-refractivity contribution in [1.29, 1.82) is 0 Å². The molecular weight excluding hydrogens is 368 g/mol. The van der Waals surface area contributed by atoms with Crippen molar-refractivity contribution in [3.05, 3.63) is 69.2 Å². The Hall–Kier alpha value is -2.11. The summed E-state index contributed by atoms with van der Waals surface area (Å²) >= 11 is 9.28. The van der Waals surface area contributed by atoms with E-state index in [-0.39, 0.29) is 5.57 Å². The largest absolute Gasteiger partial charge is 0.282 e. The lowest BCUT2D eigenvalue weighted by Crippen LogP contribution is -2.35. The van der Waals surface area contributed by atoms with Gasteiger partial charge in [-0.05, 0) is 42.0 Å². The maximum Gasteiger partial charge on any atom is 0.282 e. The second-order valence-electron chi connectivity index (χ2n) is 4.67. The van der Waals surface area contributed by atoms with Crippen molar-refractivity contribution in [3.8, 4) is 0 Å². The molecule has 110 valence electrons. The molecule has 2 aromatic carbocycles. The van der Waals surface area contributed by atoms with Crippen LogP contribution < -0.4 is 10.4 Å². The van der Waals surface area contributed by atoms with Crippen LogP contribution in [0.25, 0.3) is 6.08 Å². The molecule has 1 N–H and O–H groups in total. The first-order valence-electron chi connectivity index (χ1n) is 6.43. The zero-order valence-electron chi connectivity index (χ0n) is 11.2. The van der Waals surface area contributed by atoms with E-state index in [9.17, 15) is 9.59 Å². The van der Waals surface area contributed by atoms with E-state index in [0.29, 0.717) is 10.7 Å². The van der Waals surface area contributed by atoms with Crippen molar-refractivity contribution < 1.29 is 9.59 Å². The van der Waals surface area contributed by atoms with Gasteiger partial charge in [0.05, 0.1) is 5.69 Å². The number of rotatable bonds is 2. The van der Waals surface area contributed by atoms with Gasteiger partial charge in [0.1, 0.15) is 5.57 Å². The molecule has 1 aliphatic heterocycles. The van der Waals surface area contributed by atoms with Gasteiger partial charge in [0.2, 0.25) is 0 Å². The van der Waals surface area contributed by atoms with Crippen LogP contribution in [-0.2, 0) is 9.59 Å². The molecule has 0 aromatic heterocycles. The number of anilines is 1. The standard InChI is InChI=1S/C16H10BrClN2O2/c17-11-4-1-3-10(7-11)8-14-15(21)19-20(16(14)22)13-6-2-5-12(18)9-13/h1-9H,(H,19,21)/b14-8+. The SMILES string of the molecule is O=C1NN(c2cccc(Cl)c2)C(=O)/C1=C/c1cccc(Br)c1. The van der Waals surface area contributed by atoms with Crippen molar-refractivity contribution in [3.63, 3.8) is 0 Å². The molecule has 2 aromatic rings. The molecule has 0 unspecified atom stereocenters. The van der Waals surface area contributed by atoms with Gasteiger partial charge in [0, 0.05) is 9.50 Å². The number of halogens is 2. The third-order valence-electron chi connectivity index (χ3n) is 3.12. The Labute approximate surface area is 140 Å². The summed E-state index contributed by atoms with van der Waals surface area (Å²) in [5.74, 6) is -0.850. The second kappa shape index (κ2) is 5.94. The van der Waals surface area contributed by atoms with E-state index in [4.69, 9.17) is 11.6 Å². The summed E-state index contributed by atoms with van der Waals surface area (Å²) in [6, 6.07) is 14.1. The van der Waals surface area contributed by atoms with E-state index in [1.807, 2.05) is 24.3 Å². The van der Waals surface area contributed by atoms with Crippen LogP contribution in [0.5, 0.6) is 0 Å². The number of hydrogen-bond donors (Lipinski definition) is 1. The number of nitrogens with one attached hydrogen (secondary N) is 1. The molecule has 2 amide bonds. The average molecular weight is 378 g/mol. The summed E-state index contributed by atoms with van der Waals surface area (Å²) in [6.45, 7) is 0. The van der Waals surface area contributed by atoms with Crippen molar-refractivity contribution in [1.82, 2.24) is 5.43 Å². The molecule has 0 aliphatic carbocycles. The zero-order chi connectivity index (χ0) is 15.7. The Balaban J connectivity index is 1.95. The molecule has 0 atom stereocenters. The Morgan fingerprint density at radius 2 is 1.86 bits per heavy atom. The number of hydrogen-bond acceptors (Lipinski definition) is 2. The van der Waals surface area contributed by atoms with Crippen LogP contribution >= 0.6 is 27.5 Å². The molecule has 3 rings (SSSR count). The highest BCUT2D eigenvalue weighted by molar-refractivity contribution is 9.10. The van der Waals surface area contributed by atoms with Crippen LogP contribution in [0.3, 0.4) is 0 Å². The van der Waals surface area contributed by atoms with Gasteiger partial charge in [0.15, 0.2) is 0 Å². The summed E-state index contributed by atoms with van der Waals surface area (Å²) in [7, 11) is 0. The van der Waals surface area contributed by atoms with Crippen LogP contribution in [-0.4, -0.2) is 11.8 Å². The fourth-order valence-electron chi connectivity index (χ4n) is 2.12. The molecule has 6 heteroatoms. The molecule has 0 spiro atoms. The number of amides is 2. The Morgan fingerprint density at radius 3 is 2.59 bits per heavy atom. The predicted octanol–water partition coefficient (Wildman–Crippen LogP) is 3.56. The molecule has 1 saturated heterocycles. The zero-order valence-corrected chi connectivity index (χ0v) is 13.6. The lowest BCUT2D eigenvalue weighted by Gasteiger charge is -2.14. The van der Waals surface area contributed by atoms with Crippen LogP contribution in [0, 0.1) is 0 Å². The number of nitrogens with zero attached hydrogens (tertiary/aromatic N) is 1. The van der Waals surface area contributed by atoms with E-state index < -0.39 is 11.8 Å². The van der Waals surface area contributed by atoms with Gasteiger partial charge < -0.3 is 0 Å². The molecule has 22 heavy (non-hydrogen) atoms. The number of carbonyl (C=O) groups is 2. The summed E-state index contributed by atoms with van der Waals surface area (Å²) < 4.78 is 0.874. The molecule has 0 radical (unpaired) electrons. The monoisotopic (exact) mass is 376 g/mol. The first-order chi connectivity index (χ1) is 10.5. The Kier molecular flexibility index (Phi) is 4.00. The van der Waals surface area contributed by atoms with Crippen LogP contribution in [0.2, 0.25) is 5.02 Å². The Bertz CT molecular complexity index is 804. The summed E-state index contributed by atoms with van der Waals surface area (Å²) in [5, 5.41) is 1.68. The highest BCUT2D eigenvalue weighted by Gasteiger charge is 2.34.